The van der Waals surface area contributed by atoms with Gasteiger partial charge in [0.25, 0.3) is 12.3 Å². The van der Waals surface area contributed by atoms with E-state index >= 15 is 0 Å². The minimum Gasteiger partial charge on any atom is -0.464 e. The number of nitrogens with zero attached hydrogens (tertiary/aromatic N) is 4. The highest BCUT2D eigenvalue weighted by atomic mass is 19.3. The zero-order chi connectivity index (χ0) is 21.7. The number of hydrogen-bond donors (Lipinski definition) is 1. The van der Waals surface area contributed by atoms with E-state index in [0.29, 0.717) is 36.4 Å². The molecule has 9 heteroatoms. The summed E-state index contributed by atoms with van der Waals surface area (Å²) in [5, 5.41) is 5.13. The molecule has 7 nitrogen and oxygen atoms in total. The second kappa shape index (κ2) is 7.42. The van der Waals surface area contributed by atoms with Crippen LogP contribution < -0.4 is 5.73 Å². The van der Waals surface area contributed by atoms with Crippen LogP contribution in [0.3, 0.4) is 0 Å². The van der Waals surface area contributed by atoms with Gasteiger partial charge in [-0.25, -0.2) is 18.3 Å². The van der Waals surface area contributed by atoms with E-state index in [1.165, 1.54) is 16.8 Å². The van der Waals surface area contributed by atoms with Crippen LogP contribution in [0.1, 0.15) is 46.1 Å². The van der Waals surface area contributed by atoms with E-state index in [9.17, 15) is 13.6 Å². The fourth-order valence-corrected chi connectivity index (χ4v) is 4.27. The highest BCUT2D eigenvalue weighted by Crippen LogP contribution is 2.30. The van der Waals surface area contributed by atoms with Crippen LogP contribution in [0.2, 0.25) is 0 Å². The number of alkyl halides is 2. The third-order valence-corrected chi connectivity index (χ3v) is 5.98. The molecule has 0 aliphatic carbocycles. The normalized spacial score (nSPS) is 19.6. The molecule has 0 bridgehead atoms. The number of halogens is 2. The molecular formula is C22H21F2N5O2. The van der Waals surface area contributed by atoms with Gasteiger partial charge in [-0.2, -0.15) is 5.10 Å². The van der Waals surface area contributed by atoms with Gasteiger partial charge in [0.1, 0.15) is 11.3 Å². The Morgan fingerprint density at radius 3 is 2.94 bits per heavy atom. The summed E-state index contributed by atoms with van der Waals surface area (Å²) in [5.74, 6) is -0.473. The fraction of sp³-hybridized carbons (Fsp3) is 0.318. The highest BCUT2D eigenvalue weighted by Gasteiger charge is 2.33. The van der Waals surface area contributed by atoms with Crippen molar-refractivity contribution in [1.29, 1.82) is 0 Å². The summed E-state index contributed by atoms with van der Waals surface area (Å²) in [7, 11) is 0. The van der Waals surface area contributed by atoms with Crippen molar-refractivity contribution >= 4 is 22.5 Å². The smallest absolute Gasteiger partial charge is 0.280 e. The topological polar surface area (TPSA) is 89.7 Å². The Labute approximate surface area is 176 Å². The number of furan rings is 1. The number of piperidine rings is 1. The maximum Gasteiger partial charge on any atom is 0.280 e. The molecule has 1 aliphatic rings. The van der Waals surface area contributed by atoms with Crippen molar-refractivity contribution in [2.75, 3.05) is 13.1 Å². The third kappa shape index (κ3) is 3.34. The van der Waals surface area contributed by atoms with Gasteiger partial charge in [-0.15, -0.1) is 0 Å². The lowest BCUT2D eigenvalue weighted by Crippen LogP contribution is -2.48. The van der Waals surface area contributed by atoms with E-state index in [0.717, 1.165) is 16.5 Å². The first kappa shape index (κ1) is 19.6. The molecule has 4 aromatic rings. The molecule has 3 aromatic heterocycles. The minimum atomic E-state index is -2.71. The number of hydrogen-bond acceptors (Lipinski definition) is 5. The molecule has 160 valence electrons. The van der Waals surface area contributed by atoms with Crippen LogP contribution in [0.4, 0.5) is 8.78 Å². The van der Waals surface area contributed by atoms with Crippen LogP contribution in [0.25, 0.3) is 16.6 Å². The van der Waals surface area contributed by atoms with E-state index in [4.69, 9.17) is 10.2 Å². The highest BCUT2D eigenvalue weighted by molar-refractivity contribution is 5.98. The number of carbonyl (C=O) groups is 1. The van der Waals surface area contributed by atoms with Crippen molar-refractivity contribution in [3.05, 3.63) is 65.3 Å². The van der Waals surface area contributed by atoms with Gasteiger partial charge < -0.3 is 15.1 Å². The zero-order valence-corrected chi connectivity index (χ0v) is 16.8. The standard InChI is InChI=1S/C22H21F2N5O2/c1-12-11-31-19-3-2-13(8-14(12)19)22(30)28-7-5-16(25)15(10-28)18-9-17(21(23)24)27-20-4-6-26-29(18)20/h2-4,6,8-9,11,15-16,21H,5,7,10,25H2,1H3/t15-,16?/m1/s1. The monoisotopic (exact) mass is 425 g/mol. The van der Waals surface area contributed by atoms with Gasteiger partial charge in [0.2, 0.25) is 0 Å². The second-order valence-electron chi connectivity index (χ2n) is 7.95. The Morgan fingerprint density at radius 2 is 2.13 bits per heavy atom. The van der Waals surface area contributed by atoms with Crippen LogP contribution >= 0.6 is 0 Å². The summed E-state index contributed by atoms with van der Waals surface area (Å²) < 4.78 is 33.8. The summed E-state index contributed by atoms with van der Waals surface area (Å²) in [4.78, 5) is 18.9. The van der Waals surface area contributed by atoms with Crippen LogP contribution in [-0.4, -0.2) is 44.5 Å². The molecule has 1 aliphatic heterocycles. The number of amides is 1. The maximum absolute atomic E-state index is 13.4. The van der Waals surface area contributed by atoms with Crippen molar-refractivity contribution in [1.82, 2.24) is 19.5 Å². The Hall–Kier alpha value is -3.33. The predicted molar refractivity (Wildman–Crippen MR) is 110 cm³/mol. The molecule has 4 heterocycles. The lowest BCUT2D eigenvalue weighted by Gasteiger charge is -2.37. The first-order valence-corrected chi connectivity index (χ1v) is 10.1. The summed E-state index contributed by atoms with van der Waals surface area (Å²) in [5.41, 5.74) is 9.17. The Bertz CT molecular complexity index is 1280. The number of benzene rings is 1. The van der Waals surface area contributed by atoms with Crippen molar-refractivity contribution in [3.8, 4) is 0 Å². The van der Waals surface area contributed by atoms with E-state index in [1.54, 1.807) is 29.4 Å². The van der Waals surface area contributed by atoms with E-state index in [1.807, 2.05) is 13.0 Å². The molecule has 1 unspecified atom stereocenters. The lowest BCUT2D eigenvalue weighted by molar-refractivity contribution is 0.0691. The van der Waals surface area contributed by atoms with E-state index < -0.39 is 6.43 Å². The fourth-order valence-electron chi connectivity index (χ4n) is 4.27. The van der Waals surface area contributed by atoms with Crippen molar-refractivity contribution in [2.45, 2.75) is 31.7 Å². The number of nitrogens with two attached hydrogens (primary N) is 1. The van der Waals surface area contributed by atoms with Gasteiger partial charge in [-0.05, 0) is 43.2 Å². The van der Waals surface area contributed by atoms with Crippen LogP contribution in [-0.2, 0) is 0 Å². The van der Waals surface area contributed by atoms with Crippen LogP contribution in [0, 0.1) is 6.92 Å². The quantitative estimate of drug-likeness (QED) is 0.541. The van der Waals surface area contributed by atoms with Gasteiger partial charge in [0.05, 0.1) is 18.2 Å². The summed E-state index contributed by atoms with van der Waals surface area (Å²) in [6.07, 6.45) is 1.02. The molecule has 0 saturated carbocycles. The van der Waals surface area contributed by atoms with E-state index in [-0.39, 0.29) is 23.6 Å². The number of aryl methyl sites for hydroxylation is 1. The third-order valence-electron chi connectivity index (χ3n) is 5.98. The van der Waals surface area contributed by atoms with E-state index in [2.05, 4.69) is 10.1 Å². The zero-order valence-electron chi connectivity index (χ0n) is 16.8. The number of fused-ring (bicyclic) bond motifs is 2. The molecule has 1 aromatic carbocycles. The van der Waals surface area contributed by atoms with Crippen LogP contribution in [0.5, 0.6) is 0 Å². The Kier molecular flexibility index (Phi) is 4.70. The van der Waals surface area contributed by atoms with Crippen molar-refractivity contribution < 1.29 is 18.0 Å². The van der Waals surface area contributed by atoms with Gasteiger partial charge in [-0.1, -0.05) is 0 Å². The van der Waals surface area contributed by atoms with Gasteiger partial charge in [0.15, 0.2) is 5.65 Å². The molecule has 0 spiro atoms. The molecule has 5 rings (SSSR count). The largest absolute Gasteiger partial charge is 0.464 e. The first-order chi connectivity index (χ1) is 14.9. The van der Waals surface area contributed by atoms with Gasteiger partial charge >= 0.3 is 0 Å². The molecular weight excluding hydrogens is 404 g/mol. The Morgan fingerprint density at radius 1 is 1.29 bits per heavy atom. The first-order valence-electron chi connectivity index (χ1n) is 10.1. The average molecular weight is 425 g/mol. The van der Waals surface area contributed by atoms with Crippen molar-refractivity contribution in [3.63, 3.8) is 0 Å². The van der Waals surface area contributed by atoms with Gasteiger partial charge in [0, 0.05) is 42.1 Å². The number of likely N-dealkylation sites (tertiary alicyclic amines) is 1. The molecule has 0 radical (unpaired) electrons. The number of rotatable bonds is 3. The number of aromatic nitrogens is 3. The molecule has 31 heavy (non-hydrogen) atoms. The second-order valence-corrected chi connectivity index (χ2v) is 7.95. The summed E-state index contributed by atoms with van der Waals surface area (Å²) >= 11 is 0. The SMILES string of the molecule is Cc1coc2ccc(C(=O)N3CCC(N)[C@H](c4cc(C(F)F)nc5ccnn45)C3)cc12. The van der Waals surface area contributed by atoms with Crippen molar-refractivity contribution in [2.24, 2.45) is 5.73 Å². The lowest BCUT2D eigenvalue weighted by atomic mass is 9.89. The summed E-state index contributed by atoms with van der Waals surface area (Å²) in [6.45, 7) is 2.73. The molecule has 1 fully saturated rings. The summed E-state index contributed by atoms with van der Waals surface area (Å²) in [6, 6.07) is 7.99. The average Bonchev–Trinajstić information content (AvgIpc) is 3.39. The molecule has 1 saturated heterocycles. The number of carbonyl (C=O) groups excluding carboxylic acids is 1. The molecule has 2 N–H and O–H groups in total. The molecule has 1 amide bonds. The Balaban J connectivity index is 1.49. The van der Waals surface area contributed by atoms with Gasteiger partial charge in [-0.3, -0.25) is 4.79 Å². The molecule has 2 atom stereocenters. The maximum atomic E-state index is 13.4. The minimum absolute atomic E-state index is 0.126. The van der Waals surface area contributed by atoms with Crippen LogP contribution in [0.15, 0.2) is 47.2 Å². The predicted octanol–water partition coefficient (Wildman–Crippen LogP) is 3.68.